The Labute approximate surface area is 448 Å². The minimum atomic E-state index is -3.93. The Morgan fingerprint density at radius 1 is 0.763 bits per heavy atom. The normalized spacial score (nSPS) is 18.9. The van der Waals surface area contributed by atoms with Crippen molar-refractivity contribution in [2.75, 3.05) is 53.3 Å². The average molecular weight is 1090 g/mol. The molecule has 22 heteroatoms. The fourth-order valence-corrected chi connectivity index (χ4v) is 10.5. The van der Waals surface area contributed by atoms with Gasteiger partial charge in [0.1, 0.15) is 35.9 Å². The van der Waals surface area contributed by atoms with Gasteiger partial charge in [-0.2, -0.15) is 0 Å². The van der Waals surface area contributed by atoms with Gasteiger partial charge in [0.15, 0.2) is 11.5 Å². The third-order valence-corrected chi connectivity index (χ3v) is 14.7. The second kappa shape index (κ2) is 32.2. The molecule has 426 valence electrons. The fraction of sp³-hybridized carbons (Fsp3) is 0.667. The van der Waals surface area contributed by atoms with Gasteiger partial charge in [-0.15, -0.1) is 0 Å². The zero-order valence-electron chi connectivity index (χ0n) is 45.2. The van der Waals surface area contributed by atoms with Crippen LogP contribution in [0.25, 0.3) is 0 Å². The number of likely N-dealkylation sites (tertiary alicyclic amines) is 1. The number of nitrogens with one attached hydrogen (secondary N) is 5. The summed E-state index contributed by atoms with van der Waals surface area (Å²) in [4.78, 5) is 81.2. The van der Waals surface area contributed by atoms with Crippen molar-refractivity contribution < 1.29 is 71.5 Å². The van der Waals surface area contributed by atoms with Gasteiger partial charge < -0.3 is 50.2 Å². The lowest BCUT2D eigenvalue weighted by atomic mass is 9.91. The number of benzene rings is 2. The minimum absolute atomic E-state index is 0.0217. The third-order valence-electron chi connectivity index (χ3n) is 14.0. The number of hydrogen-bond donors (Lipinski definition) is 8. The molecule has 0 aromatic heterocycles. The first-order valence-electron chi connectivity index (χ1n) is 26.8. The van der Waals surface area contributed by atoms with Crippen molar-refractivity contribution >= 4 is 45.7 Å². The van der Waals surface area contributed by atoms with Crippen molar-refractivity contribution in [2.24, 2.45) is 11.8 Å². The molecular weight excluding hydrogens is 1000 g/mol. The molecule has 3 amide bonds. The molecule has 8 atom stereocenters. The number of aliphatic carboxylic acids is 2. The van der Waals surface area contributed by atoms with E-state index in [0.29, 0.717) is 55.9 Å². The Hall–Kier alpha value is -5.55. The first kappa shape index (κ1) is 63.0. The van der Waals surface area contributed by atoms with Crippen LogP contribution < -0.4 is 35.5 Å². The number of carboxylic acids is 2. The van der Waals surface area contributed by atoms with Crippen molar-refractivity contribution in [2.45, 2.75) is 166 Å². The van der Waals surface area contributed by atoms with Crippen LogP contribution in [0.5, 0.6) is 17.2 Å². The molecule has 21 nitrogen and oxygen atoms in total. The lowest BCUT2D eigenvalue weighted by Gasteiger charge is -2.37. The van der Waals surface area contributed by atoms with Crippen LogP contribution in [-0.4, -0.2) is 160 Å². The highest BCUT2D eigenvalue weighted by atomic mass is 32.2. The van der Waals surface area contributed by atoms with E-state index in [1.807, 2.05) is 18.2 Å². The summed E-state index contributed by atoms with van der Waals surface area (Å²) >= 11 is 0. The van der Waals surface area contributed by atoms with E-state index in [-0.39, 0.29) is 49.8 Å². The van der Waals surface area contributed by atoms with E-state index < -0.39 is 88.2 Å². The number of carbonyl (C=O) groups is 6. The molecular formula is C54H84N6O15S. The summed E-state index contributed by atoms with van der Waals surface area (Å²) < 4.78 is 50.4. The molecule has 2 aromatic carbocycles. The number of esters is 1. The monoisotopic (exact) mass is 1090 g/mol. The van der Waals surface area contributed by atoms with E-state index in [1.165, 1.54) is 24.3 Å². The van der Waals surface area contributed by atoms with Gasteiger partial charge in [-0.1, -0.05) is 83.9 Å². The summed E-state index contributed by atoms with van der Waals surface area (Å²) in [6.07, 6.45) is 11.3. The van der Waals surface area contributed by atoms with E-state index in [0.717, 1.165) is 76.2 Å². The predicted molar refractivity (Wildman–Crippen MR) is 284 cm³/mol. The molecule has 1 saturated heterocycles. The maximum Gasteiger partial charge on any atom is 0.326 e. The summed E-state index contributed by atoms with van der Waals surface area (Å²) in [6, 6.07) is 6.35. The Morgan fingerprint density at radius 3 is 2.09 bits per heavy atom. The first-order chi connectivity index (χ1) is 36.2. The summed E-state index contributed by atoms with van der Waals surface area (Å²) in [5, 5.41) is 40.0. The molecule has 0 spiro atoms. The fourth-order valence-electron chi connectivity index (χ4n) is 9.73. The molecule has 0 bridgehead atoms. The van der Waals surface area contributed by atoms with E-state index in [4.69, 9.17) is 18.9 Å². The highest BCUT2D eigenvalue weighted by Crippen LogP contribution is 2.31. The minimum Gasteiger partial charge on any atom is -0.508 e. The second-order valence-corrected chi connectivity index (χ2v) is 22.1. The predicted octanol–water partition coefficient (Wildman–Crippen LogP) is 4.07. The van der Waals surface area contributed by atoms with Gasteiger partial charge in [0, 0.05) is 38.6 Å². The zero-order chi connectivity index (χ0) is 55.8. The number of phenolic OH excluding ortho intramolecular Hbond substituents is 1. The molecule has 2 fully saturated rings. The maximum absolute atomic E-state index is 13.8. The van der Waals surface area contributed by atoms with Gasteiger partial charge in [0.2, 0.25) is 27.7 Å². The van der Waals surface area contributed by atoms with Gasteiger partial charge in [0.25, 0.3) is 0 Å². The average Bonchev–Trinajstić information content (AvgIpc) is 3.84. The number of nitrogens with zero attached hydrogens (tertiary/aromatic N) is 1. The molecule has 8 N–H and O–H groups in total. The highest BCUT2D eigenvalue weighted by Gasteiger charge is 2.39. The van der Waals surface area contributed by atoms with E-state index in [1.54, 1.807) is 28.1 Å². The van der Waals surface area contributed by atoms with Crippen molar-refractivity contribution in [3.8, 4) is 17.2 Å². The largest absolute Gasteiger partial charge is 0.508 e. The van der Waals surface area contributed by atoms with Crippen LogP contribution in [0, 0.1) is 11.8 Å². The number of phenols is 1. The molecule has 2 aliphatic rings. The Morgan fingerprint density at radius 2 is 1.43 bits per heavy atom. The van der Waals surface area contributed by atoms with Crippen LogP contribution in [0.4, 0.5) is 0 Å². The summed E-state index contributed by atoms with van der Waals surface area (Å²) in [7, 11) is -0.713. The lowest BCUT2D eigenvalue weighted by molar-refractivity contribution is -0.157. The van der Waals surface area contributed by atoms with E-state index in [2.05, 4.69) is 37.8 Å². The molecule has 1 heterocycles. The number of unbranched alkanes of at least 4 members (excludes halogenated alkanes) is 5. The quantitative estimate of drug-likeness (QED) is 0.0274. The summed E-state index contributed by atoms with van der Waals surface area (Å²) in [5.41, 5.74) is 1.60. The van der Waals surface area contributed by atoms with Crippen LogP contribution in [0.15, 0.2) is 42.5 Å². The SMILES string of the molecule is CCCCCCCC(C(=O)NCCCC[C@@H](NS(C)(=O)=O)C(=O)NC[C@@H](N[C@@H](C(=O)N[C@H](Cc1ccc(O)cc1)C(=O)O)C(C)C)C(=O)O)C(=O)O[C@@H]1CCN([C@@H]2CCCC[C@H]2OCCc2ccc(OC)c(OC)c2)C1. The topological polar surface area (TPSA) is 298 Å². The number of amides is 3. The number of aromatic hydroxyl groups is 1. The van der Waals surface area contributed by atoms with Gasteiger partial charge in [0.05, 0.1) is 39.2 Å². The molecule has 1 aliphatic heterocycles. The molecule has 76 heavy (non-hydrogen) atoms. The number of sulfonamides is 1. The Kier molecular flexibility index (Phi) is 26.7. The molecule has 2 aromatic rings. The summed E-state index contributed by atoms with van der Waals surface area (Å²) in [5.74, 6) is -5.68. The van der Waals surface area contributed by atoms with Crippen molar-refractivity contribution in [1.29, 1.82) is 0 Å². The highest BCUT2D eigenvalue weighted by molar-refractivity contribution is 7.88. The van der Waals surface area contributed by atoms with E-state index in [9.17, 15) is 52.5 Å². The third kappa shape index (κ3) is 21.5. The van der Waals surface area contributed by atoms with Crippen LogP contribution in [0.1, 0.15) is 122 Å². The molecule has 1 aliphatic carbocycles. The van der Waals surface area contributed by atoms with Crippen LogP contribution >= 0.6 is 0 Å². The smallest absolute Gasteiger partial charge is 0.326 e. The van der Waals surface area contributed by atoms with Crippen LogP contribution in [-0.2, 0) is 61.1 Å². The van der Waals surface area contributed by atoms with Crippen LogP contribution in [0.2, 0.25) is 0 Å². The zero-order valence-corrected chi connectivity index (χ0v) is 46.0. The van der Waals surface area contributed by atoms with Gasteiger partial charge in [-0.25, -0.2) is 17.9 Å². The number of rotatable bonds is 35. The standard InChI is InChI=1S/C54H84N6O15S/c1-7-8-9-10-11-16-40(54(69)75-39-26-29-60(34-39)44-18-12-13-19-45(44)74-30-27-37-22-25-46(72-4)47(32-37)73-5)49(62)55-28-15-14-17-41(59-76(6,70)71)50(63)56-33-43(53(67)68)57-48(35(2)3)51(64)58-42(52(65)66)31-36-20-23-38(61)24-21-36/h20-25,32,35,39-45,48,57,59,61H,7-19,26-31,33-34H2,1-6H3,(H,55,62)(H,56,63)(H,58,64)(H,65,66)(H,67,68)/t39-,40?,41-,42-,43-,44-,45-,48-/m1/s1. The number of ether oxygens (including phenoxy) is 4. The number of hydrogen-bond acceptors (Lipinski definition) is 15. The second-order valence-electron chi connectivity index (χ2n) is 20.3. The van der Waals surface area contributed by atoms with Crippen molar-refractivity contribution in [3.63, 3.8) is 0 Å². The lowest BCUT2D eigenvalue weighted by Crippen LogP contribution is -2.59. The number of methoxy groups -OCH3 is 2. The van der Waals surface area contributed by atoms with E-state index >= 15 is 0 Å². The van der Waals surface area contributed by atoms with Gasteiger partial charge in [-0.3, -0.25) is 34.2 Å². The first-order valence-corrected chi connectivity index (χ1v) is 28.7. The van der Waals surface area contributed by atoms with Gasteiger partial charge in [-0.05, 0) is 92.7 Å². The van der Waals surface area contributed by atoms with Gasteiger partial charge >= 0.3 is 17.9 Å². The summed E-state index contributed by atoms with van der Waals surface area (Å²) in [6.45, 7) is 6.76. The van der Waals surface area contributed by atoms with Crippen LogP contribution in [0.3, 0.4) is 0 Å². The van der Waals surface area contributed by atoms with Crippen molar-refractivity contribution in [3.05, 3.63) is 53.6 Å². The van der Waals surface area contributed by atoms with Crippen molar-refractivity contribution in [1.82, 2.24) is 30.9 Å². The molecule has 4 rings (SSSR count). The number of carboxylic acid groups (broad SMARTS) is 2. The maximum atomic E-state index is 13.8. The number of carbonyl (C=O) groups excluding carboxylic acids is 4. The molecule has 0 radical (unpaired) electrons. The Bertz CT molecular complexity index is 2290. The molecule has 1 saturated carbocycles. The molecule has 1 unspecified atom stereocenters. The Balaban J connectivity index is 1.29.